The molecule has 0 fully saturated rings. The molecule has 0 unspecified atom stereocenters. The molecule has 0 saturated heterocycles. The van der Waals surface area contributed by atoms with Gasteiger partial charge in [-0.3, -0.25) is 14.9 Å². The van der Waals surface area contributed by atoms with E-state index in [1.807, 2.05) is 0 Å². The third-order valence-electron chi connectivity index (χ3n) is 1.66. The number of aryl methyl sites for hydroxylation is 1. The van der Waals surface area contributed by atoms with Gasteiger partial charge in [-0.2, -0.15) is 0 Å². The molecule has 1 aromatic carbocycles. The summed E-state index contributed by atoms with van der Waals surface area (Å²) in [5.41, 5.74) is 0.566. The van der Waals surface area contributed by atoms with Gasteiger partial charge in [0.05, 0.1) is 10.5 Å². The summed E-state index contributed by atoms with van der Waals surface area (Å²) in [4.78, 5) is 20.8. The molecular weight excluding hydrogens is 273 g/mol. The van der Waals surface area contributed by atoms with Crippen molar-refractivity contribution in [3.8, 4) is 0 Å². The Morgan fingerprint density at radius 1 is 1.57 bits per heavy atom. The van der Waals surface area contributed by atoms with Gasteiger partial charge in [-0.05, 0) is 40.0 Å². The van der Waals surface area contributed by atoms with Crippen molar-refractivity contribution < 1.29 is 9.72 Å². The lowest BCUT2D eigenvalue weighted by molar-refractivity contribution is -0.384. The van der Waals surface area contributed by atoms with Gasteiger partial charge < -0.3 is 0 Å². The molecule has 0 N–H and O–H groups in total. The number of carbonyl (C=O) groups is 1. The molecule has 0 atom stereocenters. The second-order valence-corrected chi connectivity index (χ2v) is 3.79. The number of nitro benzene ring substituents is 1. The Balaban J connectivity index is 3.43. The second-order valence-electron chi connectivity index (χ2n) is 2.66. The Kier molecular flexibility index (Phi) is 3.23. The van der Waals surface area contributed by atoms with Gasteiger partial charge in [0, 0.05) is 16.6 Å². The van der Waals surface area contributed by atoms with Crippen molar-refractivity contribution >= 4 is 38.5 Å². The van der Waals surface area contributed by atoms with Crippen LogP contribution in [-0.2, 0) is 0 Å². The Morgan fingerprint density at radius 3 is 2.57 bits per heavy atom. The zero-order valence-electron chi connectivity index (χ0n) is 7.08. The molecule has 74 valence electrons. The van der Waals surface area contributed by atoms with E-state index in [9.17, 15) is 14.9 Å². The lowest BCUT2D eigenvalue weighted by Gasteiger charge is -2.02. The first-order chi connectivity index (χ1) is 6.43. The van der Waals surface area contributed by atoms with E-state index < -0.39 is 10.2 Å². The summed E-state index contributed by atoms with van der Waals surface area (Å²) < 4.78 is 0.489. The minimum Gasteiger partial charge on any atom is -0.276 e. The van der Waals surface area contributed by atoms with Crippen molar-refractivity contribution in [2.75, 3.05) is 0 Å². The highest BCUT2D eigenvalue weighted by Gasteiger charge is 2.16. The fourth-order valence-electron chi connectivity index (χ4n) is 0.999. The third kappa shape index (κ3) is 2.10. The average Bonchev–Trinajstić information content (AvgIpc) is 2.08. The minimum atomic E-state index is -0.719. The van der Waals surface area contributed by atoms with Crippen molar-refractivity contribution in [1.29, 1.82) is 0 Å². The fraction of sp³-hybridized carbons (Fsp3) is 0.125. The van der Waals surface area contributed by atoms with Crippen LogP contribution in [0.3, 0.4) is 0 Å². The van der Waals surface area contributed by atoms with Crippen LogP contribution in [0.5, 0.6) is 0 Å². The van der Waals surface area contributed by atoms with Gasteiger partial charge in [0.25, 0.3) is 10.9 Å². The molecular formula is C8H5BrClNO3. The van der Waals surface area contributed by atoms with Crippen LogP contribution in [-0.4, -0.2) is 10.2 Å². The molecule has 1 aromatic rings. The Hall–Kier alpha value is -0.940. The molecule has 14 heavy (non-hydrogen) atoms. The predicted molar refractivity (Wildman–Crippen MR) is 55.7 cm³/mol. The van der Waals surface area contributed by atoms with Crippen molar-refractivity contribution in [1.82, 2.24) is 0 Å². The SMILES string of the molecule is Cc1cc([N+](=O)[O-])cc(C(=O)Cl)c1Br. The first-order valence-electron chi connectivity index (χ1n) is 3.58. The first kappa shape index (κ1) is 11.1. The van der Waals surface area contributed by atoms with E-state index in [-0.39, 0.29) is 11.3 Å². The summed E-state index contributed by atoms with van der Waals surface area (Å²) in [5.74, 6) is 0. The molecule has 1 rings (SSSR count). The maximum Gasteiger partial charge on any atom is 0.270 e. The molecule has 0 aliphatic carbocycles. The minimum absolute atomic E-state index is 0.110. The Bertz CT molecular complexity index is 419. The van der Waals surface area contributed by atoms with Crippen molar-refractivity contribution in [2.24, 2.45) is 0 Å². The summed E-state index contributed by atoms with van der Waals surface area (Å²) in [7, 11) is 0. The molecule has 6 heteroatoms. The lowest BCUT2D eigenvalue weighted by Crippen LogP contribution is -1.97. The van der Waals surface area contributed by atoms with Gasteiger partial charge in [-0.15, -0.1) is 0 Å². The van der Waals surface area contributed by atoms with Crippen LogP contribution in [0.15, 0.2) is 16.6 Å². The molecule has 0 aliphatic heterocycles. The van der Waals surface area contributed by atoms with Gasteiger partial charge in [0.2, 0.25) is 0 Å². The number of nitrogens with zero attached hydrogens (tertiary/aromatic N) is 1. The van der Waals surface area contributed by atoms with Crippen LogP contribution < -0.4 is 0 Å². The van der Waals surface area contributed by atoms with Gasteiger partial charge in [-0.25, -0.2) is 0 Å². The lowest BCUT2D eigenvalue weighted by atomic mass is 10.1. The number of nitro groups is 1. The standard InChI is InChI=1S/C8H5BrClNO3/c1-4-2-5(11(13)14)3-6(7(4)9)8(10)12/h2-3H,1H3. The predicted octanol–water partition coefficient (Wildman–Crippen LogP) is 3.04. The molecule has 0 heterocycles. The number of rotatable bonds is 2. The number of benzene rings is 1. The normalized spacial score (nSPS) is 9.93. The fourth-order valence-corrected chi connectivity index (χ4v) is 1.67. The maximum absolute atomic E-state index is 10.9. The molecule has 0 spiro atoms. The number of hydrogen-bond acceptors (Lipinski definition) is 3. The molecule has 4 nitrogen and oxygen atoms in total. The first-order valence-corrected chi connectivity index (χ1v) is 4.75. The number of hydrogen-bond donors (Lipinski definition) is 0. The van der Waals surface area contributed by atoms with Crippen LogP contribution in [0.25, 0.3) is 0 Å². The van der Waals surface area contributed by atoms with Crippen LogP contribution in [0.2, 0.25) is 0 Å². The number of carbonyl (C=O) groups excluding carboxylic acids is 1. The summed E-state index contributed by atoms with van der Waals surface area (Å²) in [5, 5.41) is 9.76. The van der Waals surface area contributed by atoms with Crippen LogP contribution >= 0.6 is 27.5 Å². The molecule has 0 bridgehead atoms. The summed E-state index contributed by atoms with van der Waals surface area (Å²) >= 11 is 8.40. The summed E-state index contributed by atoms with van der Waals surface area (Å²) in [6.45, 7) is 1.65. The quantitative estimate of drug-likeness (QED) is 0.474. The highest BCUT2D eigenvalue weighted by molar-refractivity contribution is 9.10. The van der Waals surface area contributed by atoms with Crippen molar-refractivity contribution in [3.05, 3.63) is 37.8 Å². The third-order valence-corrected chi connectivity index (χ3v) is 2.92. The highest BCUT2D eigenvalue weighted by Crippen LogP contribution is 2.27. The smallest absolute Gasteiger partial charge is 0.270 e. The van der Waals surface area contributed by atoms with Crippen LogP contribution in [0.4, 0.5) is 5.69 Å². The topological polar surface area (TPSA) is 60.2 Å². The summed E-state index contributed by atoms with van der Waals surface area (Å²) in [6.07, 6.45) is 0. The van der Waals surface area contributed by atoms with Gasteiger partial charge in [0.1, 0.15) is 0 Å². The highest BCUT2D eigenvalue weighted by atomic mass is 79.9. The van der Waals surface area contributed by atoms with Crippen molar-refractivity contribution in [3.63, 3.8) is 0 Å². The molecule has 0 saturated carbocycles. The van der Waals surface area contributed by atoms with Crippen LogP contribution in [0, 0.1) is 17.0 Å². The monoisotopic (exact) mass is 277 g/mol. The second kappa shape index (κ2) is 4.06. The van der Waals surface area contributed by atoms with E-state index in [1.54, 1.807) is 6.92 Å². The van der Waals surface area contributed by atoms with Crippen LogP contribution in [0.1, 0.15) is 15.9 Å². The molecule has 0 amide bonds. The summed E-state index contributed by atoms with van der Waals surface area (Å²) in [6, 6.07) is 2.51. The average molecular weight is 278 g/mol. The van der Waals surface area contributed by atoms with Gasteiger partial charge in [0.15, 0.2) is 0 Å². The van der Waals surface area contributed by atoms with Crippen molar-refractivity contribution in [2.45, 2.75) is 6.92 Å². The number of non-ortho nitro benzene ring substituents is 1. The molecule has 0 aromatic heterocycles. The van der Waals surface area contributed by atoms with E-state index in [0.29, 0.717) is 10.0 Å². The van der Waals surface area contributed by atoms with Gasteiger partial charge in [-0.1, -0.05) is 0 Å². The maximum atomic E-state index is 10.9. The number of halogens is 2. The van der Waals surface area contributed by atoms with E-state index >= 15 is 0 Å². The zero-order chi connectivity index (χ0) is 10.9. The van der Waals surface area contributed by atoms with E-state index in [4.69, 9.17) is 11.6 Å². The Labute approximate surface area is 93.1 Å². The molecule has 0 radical (unpaired) electrons. The molecule has 0 aliphatic rings. The van der Waals surface area contributed by atoms with E-state index in [2.05, 4.69) is 15.9 Å². The van der Waals surface area contributed by atoms with Gasteiger partial charge >= 0.3 is 0 Å². The zero-order valence-corrected chi connectivity index (χ0v) is 9.42. The van der Waals surface area contributed by atoms with E-state index in [0.717, 1.165) is 6.07 Å². The van der Waals surface area contributed by atoms with E-state index in [1.165, 1.54) is 6.07 Å². The Morgan fingerprint density at radius 2 is 2.14 bits per heavy atom. The largest absolute Gasteiger partial charge is 0.276 e.